The van der Waals surface area contributed by atoms with Crippen LogP contribution in [0.3, 0.4) is 0 Å². The van der Waals surface area contributed by atoms with E-state index in [1.54, 1.807) is 0 Å². The first-order chi connectivity index (χ1) is 8.16. The SMILES string of the molecule is O=[N+]([O-])c1cc(NC2CCNCC2)ccc1F. The monoisotopic (exact) mass is 239 g/mol. The minimum Gasteiger partial charge on any atom is -0.382 e. The topological polar surface area (TPSA) is 67.2 Å². The smallest absolute Gasteiger partial charge is 0.306 e. The Morgan fingerprint density at radius 3 is 2.76 bits per heavy atom. The lowest BCUT2D eigenvalue weighted by molar-refractivity contribution is -0.387. The van der Waals surface area contributed by atoms with Gasteiger partial charge in [0.05, 0.1) is 4.92 Å². The lowest BCUT2D eigenvalue weighted by Crippen LogP contribution is -2.35. The minimum atomic E-state index is -0.800. The quantitative estimate of drug-likeness (QED) is 0.624. The number of nitro groups is 1. The lowest BCUT2D eigenvalue weighted by atomic mass is 10.1. The number of nitro benzene ring substituents is 1. The molecule has 0 aliphatic carbocycles. The number of halogens is 1. The maximum Gasteiger partial charge on any atom is 0.306 e. The zero-order valence-corrected chi connectivity index (χ0v) is 9.28. The molecule has 0 spiro atoms. The van der Waals surface area contributed by atoms with Gasteiger partial charge in [0.2, 0.25) is 5.82 Å². The molecule has 0 bridgehead atoms. The van der Waals surface area contributed by atoms with Gasteiger partial charge in [0.25, 0.3) is 0 Å². The fourth-order valence-corrected chi connectivity index (χ4v) is 1.94. The van der Waals surface area contributed by atoms with E-state index in [0.29, 0.717) is 11.7 Å². The van der Waals surface area contributed by atoms with Gasteiger partial charge in [-0.15, -0.1) is 0 Å². The van der Waals surface area contributed by atoms with Gasteiger partial charge in [0.15, 0.2) is 0 Å². The molecule has 1 heterocycles. The molecule has 1 aromatic rings. The summed E-state index contributed by atoms with van der Waals surface area (Å²) >= 11 is 0. The van der Waals surface area contributed by atoms with E-state index in [9.17, 15) is 14.5 Å². The van der Waals surface area contributed by atoms with E-state index in [4.69, 9.17) is 0 Å². The summed E-state index contributed by atoms with van der Waals surface area (Å²) in [5.74, 6) is -0.800. The standard InChI is InChI=1S/C11H14FN3O2/c12-10-2-1-9(7-11(10)15(16)17)14-8-3-5-13-6-4-8/h1-2,7-8,13-14H,3-6H2. The van der Waals surface area contributed by atoms with Crippen LogP contribution in [0, 0.1) is 15.9 Å². The van der Waals surface area contributed by atoms with Gasteiger partial charge in [-0.05, 0) is 38.1 Å². The molecule has 6 heteroatoms. The van der Waals surface area contributed by atoms with Gasteiger partial charge in [0.1, 0.15) is 0 Å². The van der Waals surface area contributed by atoms with Crippen molar-refractivity contribution < 1.29 is 9.31 Å². The Bertz CT molecular complexity index is 419. The van der Waals surface area contributed by atoms with E-state index >= 15 is 0 Å². The highest BCUT2D eigenvalue weighted by Gasteiger charge is 2.17. The summed E-state index contributed by atoms with van der Waals surface area (Å²) in [5, 5.41) is 17.0. The molecule has 0 saturated carbocycles. The molecule has 0 unspecified atom stereocenters. The van der Waals surface area contributed by atoms with Gasteiger partial charge >= 0.3 is 5.69 Å². The summed E-state index contributed by atoms with van der Waals surface area (Å²) in [6.45, 7) is 1.86. The minimum absolute atomic E-state index is 0.293. The Morgan fingerprint density at radius 2 is 2.12 bits per heavy atom. The average Bonchev–Trinajstić information content (AvgIpc) is 2.32. The Labute approximate surface area is 98.2 Å². The largest absolute Gasteiger partial charge is 0.382 e. The molecule has 0 atom stereocenters. The van der Waals surface area contributed by atoms with E-state index in [2.05, 4.69) is 10.6 Å². The Morgan fingerprint density at radius 1 is 1.41 bits per heavy atom. The predicted octanol–water partition coefficient (Wildman–Crippen LogP) is 1.90. The van der Waals surface area contributed by atoms with Crippen LogP contribution in [-0.4, -0.2) is 24.1 Å². The molecule has 92 valence electrons. The van der Waals surface area contributed by atoms with Gasteiger partial charge in [-0.2, -0.15) is 4.39 Å². The highest BCUT2D eigenvalue weighted by atomic mass is 19.1. The summed E-state index contributed by atoms with van der Waals surface area (Å²) in [6, 6.07) is 4.20. The van der Waals surface area contributed by atoms with Crippen molar-refractivity contribution in [1.29, 1.82) is 0 Å². The van der Waals surface area contributed by atoms with Crippen LogP contribution in [0.1, 0.15) is 12.8 Å². The second kappa shape index (κ2) is 5.09. The van der Waals surface area contributed by atoms with Gasteiger partial charge in [-0.3, -0.25) is 10.1 Å². The summed E-state index contributed by atoms with van der Waals surface area (Å²) in [4.78, 5) is 9.89. The van der Waals surface area contributed by atoms with Crippen LogP contribution in [0.25, 0.3) is 0 Å². The highest BCUT2D eigenvalue weighted by Crippen LogP contribution is 2.23. The number of benzene rings is 1. The van der Waals surface area contributed by atoms with Crippen LogP contribution < -0.4 is 10.6 Å². The Balaban J connectivity index is 2.10. The van der Waals surface area contributed by atoms with Crippen LogP contribution in [0.5, 0.6) is 0 Å². The molecule has 0 radical (unpaired) electrons. The van der Waals surface area contributed by atoms with Crippen molar-refractivity contribution in [3.8, 4) is 0 Å². The third kappa shape index (κ3) is 2.91. The predicted molar refractivity (Wildman–Crippen MR) is 62.6 cm³/mol. The number of anilines is 1. The van der Waals surface area contributed by atoms with Gasteiger partial charge in [-0.25, -0.2) is 0 Å². The second-order valence-corrected chi connectivity index (χ2v) is 4.09. The molecule has 17 heavy (non-hydrogen) atoms. The normalized spacial score (nSPS) is 16.8. The summed E-state index contributed by atoms with van der Waals surface area (Å²) in [7, 11) is 0. The van der Waals surface area contributed by atoms with Crippen molar-refractivity contribution in [2.24, 2.45) is 0 Å². The number of hydrogen-bond acceptors (Lipinski definition) is 4. The fraction of sp³-hybridized carbons (Fsp3) is 0.455. The first-order valence-corrected chi connectivity index (χ1v) is 5.58. The summed E-state index contributed by atoms with van der Waals surface area (Å²) in [5.41, 5.74) is 0.119. The first kappa shape index (κ1) is 11.8. The van der Waals surface area contributed by atoms with Crippen molar-refractivity contribution in [2.45, 2.75) is 18.9 Å². The molecule has 5 nitrogen and oxygen atoms in total. The van der Waals surface area contributed by atoms with E-state index in [-0.39, 0.29) is 0 Å². The van der Waals surface area contributed by atoms with Gasteiger partial charge in [0, 0.05) is 17.8 Å². The van der Waals surface area contributed by atoms with Crippen molar-refractivity contribution in [3.63, 3.8) is 0 Å². The van der Waals surface area contributed by atoms with E-state index in [1.807, 2.05) is 0 Å². The summed E-state index contributed by atoms with van der Waals surface area (Å²) in [6.07, 6.45) is 1.93. The average molecular weight is 239 g/mol. The molecule has 2 rings (SSSR count). The molecule has 0 amide bonds. The van der Waals surface area contributed by atoms with Crippen LogP contribution >= 0.6 is 0 Å². The maximum atomic E-state index is 13.1. The molecule has 2 N–H and O–H groups in total. The van der Waals surface area contributed by atoms with Crippen molar-refractivity contribution >= 4 is 11.4 Å². The molecule has 1 fully saturated rings. The Kier molecular flexibility index (Phi) is 3.53. The first-order valence-electron chi connectivity index (χ1n) is 5.58. The molecular formula is C11H14FN3O2. The summed E-state index contributed by atoms with van der Waals surface area (Å²) < 4.78 is 13.1. The molecule has 1 aromatic carbocycles. The third-order valence-electron chi connectivity index (χ3n) is 2.85. The number of rotatable bonds is 3. The third-order valence-corrected chi connectivity index (χ3v) is 2.85. The molecule has 1 saturated heterocycles. The number of piperidine rings is 1. The van der Waals surface area contributed by atoms with Crippen LogP contribution in [0.2, 0.25) is 0 Å². The lowest BCUT2D eigenvalue weighted by Gasteiger charge is -2.24. The van der Waals surface area contributed by atoms with Gasteiger partial charge < -0.3 is 10.6 Å². The zero-order valence-electron chi connectivity index (χ0n) is 9.28. The number of hydrogen-bond donors (Lipinski definition) is 2. The molecule has 0 aromatic heterocycles. The van der Waals surface area contributed by atoms with Crippen LogP contribution in [-0.2, 0) is 0 Å². The fourth-order valence-electron chi connectivity index (χ4n) is 1.94. The molecule has 1 aliphatic rings. The van der Waals surface area contributed by atoms with Crippen molar-refractivity contribution in [3.05, 3.63) is 34.1 Å². The molecule has 1 aliphatic heterocycles. The van der Waals surface area contributed by atoms with E-state index < -0.39 is 16.4 Å². The van der Waals surface area contributed by atoms with Crippen LogP contribution in [0.15, 0.2) is 18.2 Å². The Hall–Kier alpha value is -1.69. The van der Waals surface area contributed by atoms with E-state index in [1.165, 1.54) is 12.1 Å². The number of nitrogens with zero attached hydrogens (tertiary/aromatic N) is 1. The molecular weight excluding hydrogens is 225 g/mol. The second-order valence-electron chi connectivity index (χ2n) is 4.09. The van der Waals surface area contributed by atoms with E-state index in [0.717, 1.165) is 32.0 Å². The van der Waals surface area contributed by atoms with Crippen molar-refractivity contribution in [2.75, 3.05) is 18.4 Å². The maximum absolute atomic E-state index is 13.1. The zero-order chi connectivity index (χ0) is 12.3. The van der Waals surface area contributed by atoms with Crippen molar-refractivity contribution in [1.82, 2.24) is 5.32 Å². The number of nitrogens with one attached hydrogen (secondary N) is 2. The van der Waals surface area contributed by atoms with Gasteiger partial charge in [-0.1, -0.05) is 0 Å². The highest BCUT2D eigenvalue weighted by molar-refractivity contribution is 5.52. The van der Waals surface area contributed by atoms with Crippen LogP contribution in [0.4, 0.5) is 15.8 Å².